The van der Waals surface area contributed by atoms with Crippen molar-refractivity contribution in [2.45, 2.75) is 0 Å². The Balaban J connectivity index is 4.54. The van der Waals surface area contributed by atoms with Crippen molar-refractivity contribution in [2.75, 3.05) is 0 Å². The van der Waals surface area contributed by atoms with Crippen LogP contribution < -0.4 is 0 Å². The number of terminal acetylenes is 3. The molecule has 6 nitrogen and oxygen atoms in total. The monoisotopic (exact) mass is 218 g/mol. The molecule has 0 spiro atoms. The van der Waals surface area contributed by atoms with Crippen LogP contribution in [0.4, 0.5) is 0 Å². The summed E-state index contributed by atoms with van der Waals surface area (Å²) in [4.78, 5) is 31.9. The molecule has 0 aromatic heterocycles. The fraction of sp³-hybridized carbons (Fsp3) is 0. The van der Waals surface area contributed by atoms with Crippen molar-refractivity contribution in [3.05, 3.63) is 0 Å². The van der Waals surface area contributed by atoms with Gasteiger partial charge in [-0.2, -0.15) is 0 Å². The maximum Gasteiger partial charge on any atom is 0.872 e. The maximum atomic E-state index is 10.6. The molecule has 7 heteroatoms. The van der Waals surface area contributed by atoms with Crippen LogP contribution in [0.2, 0.25) is 0 Å². The summed E-state index contributed by atoms with van der Waals surface area (Å²) in [5.74, 6) is 0.925. The van der Waals surface area contributed by atoms with E-state index in [2.05, 4.69) is 33.2 Å². The third-order valence-electron chi connectivity index (χ3n) is 0.963. The van der Waals surface area contributed by atoms with E-state index in [1.165, 1.54) is 17.8 Å². The average molecular weight is 218 g/mol. The molecule has 0 aliphatic carbocycles. The normalized spacial score (nSPS) is 7.31. The molecular weight excluding hydrogens is 215 g/mol. The van der Waals surface area contributed by atoms with Crippen molar-refractivity contribution in [3.8, 4) is 37.0 Å². The molecular formula is C9H3BO6. The first-order chi connectivity index (χ1) is 7.53. The molecule has 16 heavy (non-hydrogen) atoms. The van der Waals surface area contributed by atoms with Crippen LogP contribution in [0.15, 0.2) is 0 Å². The van der Waals surface area contributed by atoms with E-state index in [-0.39, 0.29) is 0 Å². The van der Waals surface area contributed by atoms with Gasteiger partial charge in [-0.3, -0.25) is 0 Å². The summed E-state index contributed by atoms with van der Waals surface area (Å²) in [6, 6.07) is 0. The fourth-order valence-corrected chi connectivity index (χ4v) is 0.436. The van der Waals surface area contributed by atoms with Crippen molar-refractivity contribution < 1.29 is 28.3 Å². The highest BCUT2D eigenvalue weighted by molar-refractivity contribution is 6.45. The summed E-state index contributed by atoms with van der Waals surface area (Å²) in [7, 11) is -2.00. The van der Waals surface area contributed by atoms with Gasteiger partial charge in [0.15, 0.2) is 0 Å². The van der Waals surface area contributed by atoms with E-state index in [1.807, 2.05) is 0 Å². The molecule has 0 aromatic carbocycles. The van der Waals surface area contributed by atoms with E-state index >= 15 is 0 Å². The lowest BCUT2D eigenvalue weighted by molar-refractivity contribution is -0.140. The standard InChI is InChI=1S/C9H3BO6/c1-4-7(11)14-10(15-8(12)5-2)16-9(13)6-3/h1-3H. The molecule has 0 fully saturated rings. The molecule has 0 radical (unpaired) electrons. The lowest BCUT2D eigenvalue weighted by Gasteiger charge is -2.07. The summed E-state index contributed by atoms with van der Waals surface area (Å²) in [5.41, 5.74) is 0. The first-order valence-electron chi connectivity index (χ1n) is 3.55. The Morgan fingerprint density at radius 2 is 1.00 bits per heavy atom. The molecule has 0 atom stereocenters. The quantitative estimate of drug-likeness (QED) is 0.423. The van der Waals surface area contributed by atoms with E-state index in [0.29, 0.717) is 0 Å². The van der Waals surface area contributed by atoms with E-state index in [4.69, 9.17) is 0 Å². The number of hydrogen-bond acceptors (Lipinski definition) is 6. The zero-order valence-electron chi connectivity index (χ0n) is 7.76. The summed E-state index contributed by atoms with van der Waals surface area (Å²) >= 11 is 0. The topological polar surface area (TPSA) is 78.9 Å². The van der Waals surface area contributed by atoms with Crippen LogP contribution in [0.5, 0.6) is 0 Å². The summed E-state index contributed by atoms with van der Waals surface area (Å²) < 4.78 is 12.6. The van der Waals surface area contributed by atoms with Gasteiger partial charge in [0, 0.05) is 17.8 Å². The van der Waals surface area contributed by atoms with Crippen molar-refractivity contribution in [3.63, 3.8) is 0 Å². The second kappa shape index (κ2) is 6.59. The molecule has 0 heterocycles. The molecule has 0 aromatic rings. The Morgan fingerprint density at radius 1 is 0.750 bits per heavy atom. The van der Waals surface area contributed by atoms with Crippen LogP contribution in [0.25, 0.3) is 0 Å². The van der Waals surface area contributed by atoms with E-state index in [0.717, 1.165) is 0 Å². The minimum absolute atomic E-state index is 1.22. The van der Waals surface area contributed by atoms with Gasteiger partial charge in [0.1, 0.15) is 0 Å². The van der Waals surface area contributed by atoms with Gasteiger partial charge in [-0.15, -0.1) is 19.3 Å². The zero-order chi connectivity index (χ0) is 12.6. The van der Waals surface area contributed by atoms with Gasteiger partial charge in [0.2, 0.25) is 0 Å². The van der Waals surface area contributed by atoms with Crippen LogP contribution in [0.3, 0.4) is 0 Å². The molecule has 0 saturated heterocycles. The SMILES string of the molecule is C#CC(=O)OB(OC(=O)C#C)OC(=O)C#C. The predicted octanol–water partition coefficient (Wildman–Crippen LogP) is -1.50. The fourth-order valence-electron chi connectivity index (χ4n) is 0.436. The van der Waals surface area contributed by atoms with Gasteiger partial charge >= 0.3 is 25.2 Å². The summed E-state index contributed by atoms with van der Waals surface area (Å²) in [6.07, 6.45) is 14.0. The zero-order valence-corrected chi connectivity index (χ0v) is 7.76. The van der Waals surface area contributed by atoms with Crippen LogP contribution >= 0.6 is 0 Å². The van der Waals surface area contributed by atoms with Crippen molar-refractivity contribution in [2.24, 2.45) is 0 Å². The Hall–Kier alpha value is -2.85. The largest absolute Gasteiger partial charge is 0.872 e. The van der Waals surface area contributed by atoms with Gasteiger partial charge in [0.25, 0.3) is 0 Å². The first kappa shape index (κ1) is 13.2. The van der Waals surface area contributed by atoms with E-state index in [1.54, 1.807) is 0 Å². The maximum absolute atomic E-state index is 10.6. The second-order valence-electron chi connectivity index (χ2n) is 1.94. The highest BCUT2D eigenvalue weighted by atomic mass is 16.8. The summed E-state index contributed by atoms with van der Waals surface area (Å²) in [5, 5.41) is 0. The molecule has 0 saturated carbocycles. The van der Waals surface area contributed by atoms with Gasteiger partial charge in [-0.25, -0.2) is 14.4 Å². The van der Waals surface area contributed by atoms with E-state index in [9.17, 15) is 14.4 Å². The first-order valence-corrected chi connectivity index (χ1v) is 3.55. The smallest absolute Gasteiger partial charge is 0.452 e. The van der Waals surface area contributed by atoms with Crippen molar-refractivity contribution in [1.29, 1.82) is 0 Å². The Kier molecular flexibility index (Phi) is 5.41. The summed E-state index contributed by atoms with van der Waals surface area (Å²) in [6.45, 7) is 0. The molecule has 0 bridgehead atoms. The van der Waals surface area contributed by atoms with Gasteiger partial charge in [-0.1, -0.05) is 0 Å². The molecule has 0 rings (SSSR count). The molecule has 0 unspecified atom stereocenters. The van der Waals surface area contributed by atoms with Crippen LogP contribution in [-0.4, -0.2) is 25.2 Å². The van der Waals surface area contributed by atoms with Crippen LogP contribution in [0.1, 0.15) is 0 Å². The highest BCUT2D eigenvalue weighted by Crippen LogP contribution is 1.94. The van der Waals surface area contributed by atoms with Crippen LogP contribution in [0, 0.1) is 37.0 Å². The molecule has 0 N–H and O–H groups in total. The third kappa shape index (κ3) is 5.01. The Morgan fingerprint density at radius 3 is 1.19 bits per heavy atom. The van der Waals surface area contributed by atoms with Gasteiger partial charge < -0.3 is 14.0 Å². The highest BCUT2D eigenvalue weighted by Gasteiger charge is 2.35. The number of hydrogen-bond donors (Lipinski definition) is 0. The Bertz CT molecular complexity index is 366. The lowest BCUT2D eigenvalue weighted by Crippen LogP contribution is -2.33. The van der Waals surface area contributed by atoms with Gasteiger partial charge in [-0.05, 0) is 0 Å². The number of carbonyl (C=O) groups excluding carboxylic acids is 3. The molecule has 0 aliphatic heterocycles. The minimum atomic E-state index is -2.00. The minimum Gasteiger partial charge on any atom is -0.452 e. The Labute approximate surface area is 91.4 Å². The number of rotatable bonds is 3. The third-order valence-corrected chi connectivity index (χ3v) is 0.963. The predicted molar refractivity (Wildman–Crippen MR) is 50.5 cm³/mol. The molecule has 0 aliphatic rings. The second-order valence-corrected chi connectivity index (χ2v) is 1.94. The lowest BCUT2D eigenvalue weighted by atomic mass is 10.2. The van der Waals surface area contributed by atoms with Crippen molar-refractivity contribution in [1.82, 2.24) is 0 Å². The molecule has 0 amide bonds. The average Bonchev–Trinajstić information content (AvgIpc) is 2.28. The van der Waals surface area contributed by atoms with Crippen LogP contribution in [-0.2, 0) is 28.3 Å². The van der Waals surface area contributed by atoms with Crippen molar-refractivity contribution >= 4 is 25.2 Å². The number of carbonyl (C=O) groups is 3. The molecule has 78 valence electrons. The van der Waals surface area contributed by atoms with E-state index < -0.39 is 25.2 Å². The van der Waals surface area contributed by atoms with Gasteiger partial charge in [0.05, 0.1) is 0 Å².